The van der Waals surface area contributed by atoms with E-state index in [9.17, 15) is 24.9 Å². The van der Waals surface area contributed by atoms with Crippen LogP contribution in [-0.4, -0.2) is 50.5 Å². The number of Topliss-reactive ketones (excluding diaryl/α,β-unsaturated/α-hetero) is 1. The Morgan fingerprint density at radius 2 is 1.68 bits per heavy atom. The van der Waals surface area contributed by atoms with Gasteiger partial charge in [-0.3, -0.25) is 9.59 Å². The van der Waals surface area contributed by atoms with Crippen molar-refractivity contribution in [2.75, 3.05) is 0 Å². The first-order valence-corrected chi connectivity index (χ1v) is 14.5. The summed E-state index contributed by atoms with van der Waals surface area (Å²) in [6, 6.07) is 0. The van der Waals surface area contributed by atoms with Crippen molar-refractivity contribution in [3.05, 3.63) is 23.3 Å². The summed E-state index contributed by atoms with van der Waals surface area (Å²) in [6.07, 6.45) is 7.33. The Hall–Kier alpha value is -1.50. The first-order valence-electron chi connectivity index (χ1n) is 14.5. The average Bonchev–Trinajstić information content (AvgIpc) is 3.17. The Morgan fingerprint density at radius 3 is 2.26 bits per heavy atom. The van der Waals surface area contributed by atoms with Gasteiger partial charge in [0.1, 0.15) is 6.10 Å². The SMILES string of the molecule is CC(=O)O[C@H]1CC[C@@]2(C)[C@@H](CC[C@]3(C)/C(=C(C)/C=C/[C@H]4[C@H](C(C)(C)O)C[C@@H](O)[C@]4(C)O)C(=O)C[C@@H]23)C1(C)C. The van der Waals surface area contributed by atoms with Crippen LogP contribution in [0.15, 0.2) is 23.3 Å². The van der Waals surface area contributed by atoms with Crippen molar-refractivity contribution in [3.8, 4) is 0 Å². The van der Waals surface area contributed by atoms with Crippen molar-refractivity contribution in [2.24, 2.45) is 39.9 Å². The molecule has 0 aromatic heterocycles. The van der Waals surface area contributed by atoms with Crippen molar-refractivity contribution >= 4 is 11.8 Å². The molecule has 0 saturated heterocycles. The number of carbonyl (C=O) groups excluding carboxylic acids is 2. The van der Waals surface area contributed by atoms with E-state index in [2.05, 4.69) is 27.7 Å². The number of allylic oxidation sites excluding steroid dienone is 3. The van der Waals surface area contributed by atoms with Crippen LogP contribution in [0.3, 0.4) is 0 Å². The highest BCUT2D eigenvalue weighted by Gasteiger charge is 2.65. The molecule has 0 aromatic rings. The fourth-order valence-corrected chi connectivity index (χ4v) is 9.62. The van der Waals surface area contributed by atoms with E-state index in [0.29, 0.717) is 18.8 Å². The molecule has 4 aliphatic rings. The third kappa shape index (κ3) is 4.43. The van der Waals surface area contributed by atoms with Crippen LogP contribution < -0.4 is 0 Å². The second-order valence-electron chi connectivity index (χ2n) is 14.8. The average molecular weight is 531 g/mol. The summed E-state index contributed by atoms with van der Waals surface area (Å²) in [5.41, 5.74) is -1.02. The van der Waals surface area contributed by atoms with Crippen LogP contribution in [0.25, 0.3) is 0 Å². The van der Waals surface area contributed by atoms with E-state index in [1.54, 1.807) is 20.8 Å². The van der Waals surface area contributed by atoms with Crippen LogP contribution >= 0.6 is 0 Å². The largest absolute Gasteiger partial charge is 0.462 e. The van der Waals surface area contributed by atoms with Gasteiger partial charge >= 0.3 is 5.97 Å². The molecule has 0 spiro atoms. The van der Waals surface area contributed by atoms with Gasteiger partial charge in [0.2, 0.25) is 0 Å². The monoisotopic (exact) mass is 530 g/mol. The standard InChI is InChI=1S/C32H50O6/c1-18(10-11-20-21(29(5,6)36)16-25(35)32(20,9)37)27-22(34)17-24-30(7)15-13-26(38-19(2)33)28(3,4)23(30)12-14-31(24,27)8/h10-11,20-21,23-26,35-37H,12-17H2,1-9H3/b11-10+,27-18+/t20-,21+,23-,24-,25+,26-,30-,31-,32+/m0/s1. The molecule has 4 fully saturated rings. The molecule has 3 N–H and O–H groups in total. The molecule has 6 nitrogen and oxygen atoms in total. The number of aliphatic hydroxyl groups excluding tert-OH is 1. The van der Waals surface area contributed by atoms with Gasteiger partial charge in [-0.2, -0.15) is 0 Å². The number of carbonyl (C=O) groups is 2. The lowest BCUT2D eigenvalue weighted by Gasteiger charge is -2.62. The molecule has 0 aliphatic heterocycles. The minimum atomic E-state index is -1.35. The zero-order valence-electron chi connectivity index (χ0n) is 24.9. The van der Waals surface area contributed by atoms with Crippen molar-refractivity contribution in [3.63, 3.8) is 0 Å². The van der Waals surface area contributed by atoms with Gasteiger partial charge in [0.15, 0.2) is 5.78 Å². The first kappa shape index (κ1) is 29.5. The van der Waals surface area contributed by atoms with E-state index in [0.717, 1.165) is 36.8 Å². The zero-order chi connectivity index (χ0) is 28.6. The number of fused-ring (bicyclic) bond motifs is 3. The van der Waals surface area contributed by atoms with E-state index in [-0.39, 0.29) is 45.9 Å². The summed E-state index contributed by atoms with van der Waals surface area (Å²) in [4.78, 5) is 25.5. The highest BCUT2D eigenvalue weighted by atomic mass is 16.5. The van der Waals surface area contributed by atoms with Crippen LogP contribution in [0, 0.1) is 39.9 Å². The maximum absolute atomic E-state index is 13.7. The number of hydrogen-bond donors (Lipinski definition) is 3. The molecule has 0 radical (unpaired) electrons. The summed E-state index contributed by atoms with van der Waals surface area (Å²) >= 11 is 0. The predicted molar refractivity (Wildman–Crippen MR) is 147 cm³/mol. The molecular weight excluding hydrogens is 480 g/mol. The number of hydrogen-bond acceptors (Lipinski definition) is 6. The van der Waals surface area contributed by atoms with Gasteiger partial charge in [-0.1, -0.05) is 39.8 Å². The summed E-state index contributed by atoms with van der Waals surface area (Å²) in [6.45, 7) is 17.6. The van der Waals surface area contributed by atoms with Gasteiger partial charge in [0.25, 0.3) is 0 Å². The number of ether oxygens (including phenoxy) is 1. The van der Waals surface area contributed by atoms with Crippen molar-refractivity contribution in [1.29, 1.82) is 0 Å². The zero-order valence-corrected chi connectivity index (χ0v) is 24.9. The molecule has 4 aliphatic carbocycles. The van der Waals surface area contributed by atoms with Gasteiger partial charge in [-0.25, -0.2) is 0 Å². The molecule has 0 amide bonds. The maximum atomic E-state index is 13.7. The molecule has 0 heterocycles. The lowest BCUT2D eigenvalue weighted by molar-refractivity contribution is -0.185. The van der Waals surface area contributed by atoms with Crippen molar-refractivity contribution in [1.82, 2.24) is 0 Å². The summed E-state index contributed by atoms with van der Waals surface area (Å²) in [7, 11) is 0. The van der Waals surface area contributed by atoms with Crippen LogP contribution in [0.1, 0.15) is 101 Å². The predicted octanol–water partition coefficient (Wildman–Crippen LogP) is 5.14. The van der Waals surface area contributed by atoms with Crippen LogP contribution in [0.4, 0.5) is 0 Å². The van der Waals surface area contributed by atoms with Crippen LogP contribution in [-0.2, 0) is 14.3 Å². The topological polar surface area (TPSA) is 104 Å². The Labute approximate surface area is 228 Å². The van der Waals surface area contributed by atoms with E-state index in [1.165, 1.54) is 6.92 Å². The van der Waals surface area contributed by atoms with Crippen molar-refractivity contribution < 1.29 is 29.6 Å². The minimum Gasteiger partial charge on any atom is -0.462 e. The molecule has 0 unspecified atom stereocenters. The highest BCUT2D eigenvalue weighted by Crippen LogP contribution is 2.69. The number of ketones is 1. The van der Waals surface area contributed by atoms with Gasteiger partial charge in [0, 0.05) is 35.7 Å². The Bertz CT molecular complexity index is 1040. The first-order chi connectivity index (χ1) is 17.3. The Morgan fingerprint density at radius 1 is 1.05 bits per heavy atom. The molecule has 214 valence electrons. The Kier molecular flexibility index (Phi) is 7.19. The molecule has 4 saturated carbocycles. The second-order valence-corrected chi connectivity index (χ2v) is 14.8. The van der Waals surface area contributed by atoms with Gasteiger partial charge in [0.05, 0.1) is 17.3 Å². The smallest absolute Gasteiger partial charge is 0.302 e. The van der Waals surface area contributed by atoms with E-state index >= 15 is 0 Å². The molecule has 38 heavy (non-hydrogen) atoms. The Balaban J connectivity index is 1.67. The maximum Gasteiger partial charge on any atom is 0.302 e. The van der Waals surface area contributed by atoms with E-state index < -0.39 is 23.2 Å². The van der Waals surface area contributed by atoms with Crippen molar-refractivity contribution in [2.45, 2.75) is 124 Å². The summed E-state index contributed by atoms with van der Waals surface area (Å²) in [5, 5.41) is 32.4. The van der Waals surface area contributed by atoms with E-state index in [4.69, 9.17) is 4.74 Å². The number of aliphatic hydroxyl groups is 3. The molecular formula is C32H50O6. The second kappa shape index (κ2) is 9.27. The van der Waals surface area contributed by atoms with Gasteiger partial charge in [-0.05, 0) is 88.5 Å². The molecule has 0 aromatic carbocycles. The lowest BCUT2D eigenvalue weighted by Crippen LogP contribution is -2.58. The fourth-order valence-electron chi connectivity index (χ4n) is 9.62. The fraction of sp³-hybridized carbons (Fsp3) is 0.812. The third-order valence-electron chi connectivity index (χ3n) is 11.6. The normalized spacial score (nSPS) is 46.2. The summed E-state index contributed by atoms with van der Waals surface area (Å²) in [5.74, 6) is -0.170. The summed E-state index contributed by atoms with van der Waals surface area (Å²) < 4.78 is 5.77. The number of rotatable bonds is 4. The highest BCUT2D eigenvalue weighted by molar-refractivity contribution is 6.00. The lowest BCUT2D eigenvalue weighted by atomic mass is 9.43. The third-order valence-corrected chi connectivity index (χ3v) is 11.6. The van der Waals surface area contributed by atoms with Gasteiger partial charge in [-0.15, -0.1) is 0 Å². The van der Waals surface area contributed by atoms with Crippen LogP contribution in [0.2, 0.25) is 0 Å². The van der Waals surface area contributed by atoms with E-state index in [1.807, 2.05) is 19.1 Å². The quantitative estimate of drug-likeness (QED) is 0.343. The van der Waals surface area contributed by atoms with Gasteiger partial charge < -0.3 is 20.1 Å². The molecule has 9 atom stereocenters. The molecule has 6 heteroatoms. The minimum absolute atomic E-state index is 0.0280. The number of esters is 1. The molecule has 4 rings (SSSR count). The van der Waals surface area contributed by atoms with Crippen LogP contribution in [0.5, 0.6) is 0 Å². The molecule has 0 bridgehead atoms.